The summed E-state index contributed by atoms with van der Waals surface area (Å²) < 4.78 is 5.46. The third-order valence-corrected chi connectivity index (χ3v) is 4.73. The number of amides is 1. The Morgan fingerprint density at radius 1 is 1.35 bits per heavy atom. The van der Waals surface area contributed by atoms with Gasteiger partial charge in [0, 0.05) is 18.0 Å². The number of fused-ring (bicyclic) bond motifs is 2. The smallest absolute Gasteiger partial charge is 0.410 e. The van der Waals surface area contributed by atoms with Crippen molar-refractivity contribution in [2.24, 2.45) is 5.92 Å². The van der Waals surface area contributed by atoms with Crippen LogP contribution in [0.25, 0.3) is 0 Å². The van der Waals surface area contributed by atoms with Crippen LogP contribution in [0.15, 0.2) is 24.3 Å². The number of anilines is 1. The highest BCUT2D eigenvalue weighted by molar-refractivity contribution is 6.14. The number of hydroxylamine groups is 1. The zero-order chi connectivity index (χ0) is 16.4. The van der Waals surface area contributed by atoms with Gasteiger partial charge in [-0.25, -0.2) is 9.86 Å². The first-order chi connectivity index (χ1) is 10.8. The van der Waals surface area contributed by atoms with Crippen LogP contribution < -0.4 is 5.06 Å². The summed E-state index contributed by atoms with van der Waals surface area (Å²) in [7, 11) is 0. The number of ketones is 1. The van der Waals surface area contributed by atoms with Crippen LogP contribution in [-0.2, 0) is 9.57 Å². The monoisotopic (exact) mass is 316 g/mol. The van der Waals surface area contributed by atoms with E-state index in [1.807, 2.05) is 45.0 Å². The largest absolute Gasteiger partial charge is 0.444 e. The Morgan fingerprint density at radius 2 is 2.09 bits per heavy atom. The van der Waals surface area contributed by atoms with Crippen molar-refractivity contribution >= 4 is 17.6 Å². The number of nitrogens with zero attached hydrogens (tertiary/aromatic N) is 2. The van der Waals surface area contributed by atoms with Gasteiger partial charge >= 0.3 is 6.09 Å². The van der Waals surface area contributed by atoms with Gasteiger partial charge in [0.15, 0.2) is 11.3 Å². The van der Waals surface area contributed by atoms with Crippen molar-refractivity contribution in [3.63, 3.8) is 0 Å². The zero-order valence-corrected chi connectivity index (χ0v) is 13.5. The van der Waals surface area contributed by atoms with E-state index in [2.05, 4.69) is 0 Å². The van der Waals surface area contributed by atoms with E-state index in [0.717, 1.165) is 5.69 Å². The molecule has 1 amide bonds. The lowest BCUT2D eigenvalue weighted by Gasteiger charge is -2.30. The van der Waals surface area contributed by atoms with Crippen molar-refractivity contribution in [2.75, 3.05) is 24.8 Å². The molecule has 0 N–H and O–H groups in total. The highest BCUT2D eigenvalue weighted by atomic mass is 16.7. The van der Waals surface area contributed by atoms with E-state index in [4.69, 9.17) is 9.57 Å². The molecule has 0 aromatic heterocycles. The molecule has 3 aliphatic rings. The lowest BCUT2D eigenvalue weighted by molar-refractivity contribution is 0.0247. The third-order valence-electron chi connectivity index (χ3n) is 4.73. The summed E-state index contributed by atoms with van der Waals surface area (Å²) in [6.07, 6.45) is -0.370. The van der Waals surface area contributed by atoms with Crippen LogP contribution in [0, 0.1) is 5.92 Å². The molecule has 1 aromatic rings. The number of carbonyl (C=O) groups excluding carboxylic acids is 2. The fourth-order valence-electron chi connectivity index (χ4n) is 3.78. The number of rotatable bonds is 0. The maximum absolute atomic E-state index is 13.0. The second kappa shape index (κ2) is 4.47. The van der Waals surface area contributed by atoms with Crippen LogP contribution in [0.1, 0.15) is 31.1 Å². The SMILES string of the molecule is CC(C)(C)OC(=O)N1C[C@@H]2CON3c4ccccc4C(=O)[C@@]23C1. The normalized spacial score (nSPS) is 28.7. The van der Waals surface area contributed by atoms with Crippen molar-refractivity contribution in [1.29, 1.82) is 0 Å². The molecule has 0 radical (unpaired) electrons. The lowest BCUT2D eigenvalue weighted by Crippen LogP contribution is -2.52. The van der Waals surface area contributed by atoms with Crippen LogP contribution in [0.4, 0.5) is 10.5 Å². The molecule has 2 atom stereocenters. The van der Waals surface area contributed by atoms with Crippen molar-refractivity contribution in [2.45, 2.75) is 31.9 Å². The average molecular weight is 316 g/mol. The van der Waals surface area contributed by atoms with Gasteiger partial charge in [-0.05, 0) is 32.9 Å². The number of benzene rings is 1. The van der Waals surface area contributed by atoms with Crippen molar-refractivity contribution in [1.82, 2.24) is 4.90 Å². The quantitative estimate of drug-likeness (QED) is 0.734. The molecule has 6 nitrogen and oxygen atoms in total. The van der Waals surface area contributed by atoms with Crippen LogP contribution in [-0.4, -0.2) is 47.6 Å². The molecule has 0 aliphatic carbocycles. The van der Waals surface area contributed by atoms with Crippen LogP contribution in [0.3, 0.4) is 0 Å². The van der Waals surface area contributed by atoms with E-state index in [1.165, 1.54) is 0 Å². The predicted molar refractivity (Wildman–Crippen MR) is 83.2 cm³/mol. The number of hydrogen-bond donors (Lipinski definition) is 0. The van der Waals surface area contributed by atoms with Gasteiger partial charge in [-0.3, -0.25) is 9.63 Å². The Bertz CT molecular complexity index is 696. The predicted octanol–water partition coefficient (Wildman–Crippen LogP) is 2.24. The number of Topliss-reactive ketones (excluding diaryl/α,β-unsaturated/α-hetero) is 1. The molecular weight excluding hydrogens is 296 g/mol. The Kier molecular flexibility index (Phi) is 2.82. The van der Waals surface area contributed by atoms with Gasteiger partial charge in [-0.1, -0.05) is 12.1 Å². The van der Waals surface area contributed by atoms with Gasteiger partial charge in [0.1, 0.15) is 5.60 Å². The first kappa shape index (κ1) is 14.5. The fraction of sp³-hybridized carbons (Fsp3) is 0.529. The zero-order valence-electron chi connectivity index (χ0n) is 13.5. The minimum absolute atomic E-state index is 0.0325. The molecule has 0 bridgehead atoms. The van der Waals surface area contributed by atoms with Crippen molar-refractivity contribution in [3.05, 3.63) is 29.8 Å². The number of ether oxygens (including phenoxy) is 1. The summed E-state index contributed by atoms with van der Waals surface area (Å²) in [5.41, 5.74) is 0.126. The molecule has 6 heteroatoms. The van der Waals surface area contributed by atoms with Gasteiger partial charge in [0.2, 0.25) is 0 Å². The molecule has 3 heterocycles. The number of hydrogen-bond acceptors (Lipinski definition) is 5. The average Bonchev–Trinajstić information content (AvgIpc) is 3.06. The van der Waals surface area contributed by atoms with E-state index in [9.17, 15) is 9.59 Å². The number of para-hydroxylation sites is 1. The van der Waals surface area contributed by atoms with Gasteiger partial charge < -0.3 is 9.64 Å². The highest BCUT2D eigenvalue weighted by Crippen LogP contribution is 2.50. The van der Waals surface area contributed by atoms with Crippen LogP contribution in [0.2, 0.25) is 0 Å². The molecule has 2 saturated heterocycles. The summed E-state index contributed by atoms with van der Waals surface area (Å²) in [6, 6.07) is 7.45. The summed E-state index contributed by atoms with van der Waals surface area (Å²) >= 11 is 0. The second-order valence-electron chi connectivity index (χ2n) is 7.42. The lowest BCUT2D eigenvalue weighted by atomic mass is 9.84. The van der Waals surface area contributed by atoms with E-state index >= 15 is 0 Å². The summed E-state index contributed by atoms with van der Waals surface area (Å²) in [6.45, 7) is 6.74. The first-order valence-corrected chi connectivity index (χ1v) is 7.88. The topological polar surface area (TPSA) is 59.1 Å². The minimum atomic E-state index is -0.791. The van der Waals surface area contributed by atoms with Gasteiger partial charge in [0.25, 0.3) is 0 Å². The molecule has 1 aromatic carbocycles. The summed E-state index contributed by atoms with van der Waals surface area (Å²) in [5.74, 6) is 0.0107. The molecule has 0 unspecified atom stereocenters. The van der Waals surface area contributed by atoms with E-state index in [1.54, 1.807) is 9.96 Å². The van der Waals surface area contributed by atoms with E-state index in [0.29, 0.717) is 25.3 Å². The maximum Gasteiger partial charge on any atom is 0.410 e. The van der Waals surface area contributed by atoms with Gasteiger partial charge in [-0.2, -0.15) is 0 Å². The number of carbonyl (C=O) groups is 2. The van der Waals surface area contributed by atoms with Crippen molar-refractivity contribution in [3.8, 4) is 0 Å². The van der Waals surface area contributed by atoms with Crippen molar-refractivity contribution < 1.29 is 19.2 Å². The highest BCUT2D eigenvalue weighted by Gasteiger charge is 2.65. The molecule has 1 spiro atoms. The van der Waals surface area contributed by atoms with Gasteiger partial charge in [0.05, 0.1) is 18.8 Å². The minimum Gasteiger partial charge on any atom is -0.444 e. The van der Waals surface area contributed by atoms with Crippen LogP contribution >= 0.6 is 0 Å². The van der Waals surface area contributed by atoms with E-state index < -0.39 is 11.1 Å². The molecule has 0 saturated carbocycles. The maximum atomic E-state index is 13.0. The molecule has 23 heavy (non-hydrogen) atoms. The molecule has 2 fully saturated rings. The Hall–Kier alpha value is -2.08. The summed E-state index contributed by atoms with van der Waals surface area (Å²) in [4.78, 5) is 32.9. The Balaban J connectivity index is 1.65. The molecule has 3 aliphatic heterocycles. The fourth-order valence-corrected chi connectivity index (χ4v) is 3.78. The standard InChI is InChI=1S/C17H20N2O4/c1-16(2,3)23-15(21)18-8-11-9-22-19-13-7-5-4-6-12(13)14(20)17(11,19)10-18/h4-7,11H,8-10H2,1-3H3/t11-,17-/m1/s1. The second-order valence-corrected chi connectivity index (χ2v) is 7.42. The van der Waals surface area contributed by atoms with Crippen LogP contribution in [0.5, 0.6) is 0 Å². The summed E-state index contributed by atoms with van der Waals surface area (Å²) in [5, 5.41) is 1.72. The Labute approximate surface area is 134 Å². The van der Waals surface area contributed by atoms with E-state index in [-0.39, 0.29) is 17.8 Å². The Morgan fingerprint density at radius 3 is 2.83 bits per heavy atom. The molecular formula is C17H20N2O4. The first-order valence-electron chi connectivity index (χ1n) is 7.88. The molecule has 122 valence electrons. The van der Waals surface area contributed by atoms with Gasteiger partial charge in [-0.15, -0.1) is 0 Å². The third kappa shape index (κ3) is 1.91. The number of likely N-dealkylation sites (tertiary alicyclic amines) is 1. The molecule has 4 rings (SSSR count).